The van der Waals surface area contributed by atoms with Gasteiger partial charge in [0.2, 0.25) is 0 Å². The molecular weight excluding hydrogens is 1810 g/mol. The molecule has 34 rings (SSSR count). The highest BCUT2D eigenvalue weighted by Crippen LogP contribution is 2.70. The summed E-state index contributed by atoms with van der Waals surface area (Å²) in [5.74, 6) is 0. The van der Waals surface area contributed by atoms with Crippen molar-refractivity contribution in [2.75, 3.05) is 0 Å². The average molecular weight is 1900 g/mol. The van der Waals surface area contributed by atoms with Gasteiger partial charge in [-0.15, -0.1) is 0 Å². The number of rotatable bonds is 8. The predicted octanol–water partition coefficient (Wildman–Crippen LogP) is 37.7. The van der Waals surface area contributed by atoms with Gasteiger partial charge < -0.3 is 18.3 Å². The van der Waals surface area contributed by atoms with Crippen molar-refractivity contribution in [1.29, 1.82) is 0 Å². The third kappa shape index (κ3) is 10.5. The van der Waals surface area contributed by atoms with Crippen molar-refractivity contribution in [3.05, 3.63) is 529 Å². The number of aromatic nitrogens is 4. The van der Waals surface area contributed by atoms with Crippen LogP contribution in [0.2, 0.25) is 0 Å². The van der Waals surface area contributed by atoms with Gasteiger partial charge in [-0.05, 0) is 326 Å². The molecule has 0 saturated heterocycles. The minimum Gasteiger partial charge on any atom is -0.344 e. The highest BCUT2D eigenvalue weighted by Gasteiger charge is 2.56. The van der Waals surface area contributed by atoms with Crippen molar-refractivity contribution in [3.63, 3.8) is 0 Å². The first-order valence-corrected chi connectivity index (χ1v) is 52.7. The van der Waals surface area contributed by atoms with Gasteiger partial charge in [0.05, 0.1) is 16.3 Å². The summed E-state index contributed by atoms with van der Waals surface area (Å²) in [6.07, 6.45) is 0. The topological polar surface area (TPSA) is 19.7 Å². The van der Waals surface area contributed by atoms with Gasteiger partial charge >= 0.3 is 0 Å². The third-order valence-electron chi connectivity index (χ3n) is 35.8. The Balaban J connectivity index is 0.575. The second-order valence-electron chi connectivity index (χ2n) is 42.5. The summed E-state index contributed by atoms with van der Waals surface area (Å²) < 4.78 is 9.70. The van der Waals surface area contributed by atoms with Gasteiger partial charge in [-0.1, -0.05) is 400 Å². The smallest absolute Gasteiger partial charge is 0.0731 e. The van der Waals surface area contributed by atoms with E-state index in [4.69, 9.17) is 0 Å². The number of nitrogens with zero attached hydrogens (tertiary/aromatic N) is 4. The van der Waals surface area contributed by atoms with Crippen LogP contribution in [0.1, 0.15) is 50.1 Å². The molecular formula is C146H90N4. The van der Waals surface area contributed by atoms with Crippen LogP contribution in [0, 0.1) is 0 Å². The second-order valence-corrected chi connectivity index (χ2v) is 42.5. The van der Waals surface area contributed by atoms with E-state index in [9.17, 15) is 0 Å². The van der Waals surface area contributed by atoms with E-state index in [1.54, 1.807) is 0 Å². The molecule has 26 aromatic carbocycles. The molecule has 4 nitrogen and oxygen atoms in total. The van der Waals surface area contributed by atoms with Crippen molar-refractivity contribution in [1.82, 2.24) is 18.3 Å². The van der Waals surface area contributed by atoms with Crippen LogP contribution in [-0.2, 0) is 38.5 Å². The number of benzene rings is 26. The lowest BCUT2D eigenvalue weighted by molar-refractivity contribution is 0.802. The quantitative estimate of drug-likeness (QED) is 0.107. The summed E-state index contributed by atoms with van der Waals surface area (Å²) in [5.41, 5.74) is 45.0. The van der Waals surface area contributed by atoms with Crippen LogP contribution in [-0.4, -0.2) is 18.3 Å². The highest BCUT2D eigenvalue weighted by atomic mass is 15.0. The fourth-order valence-electron chi connectivity index (χ4n) is 30.0. The van der Waals surface area contributed by atoms with Gasteiger partial charge in [-0.25, -0.2) is 0 Å². The molecule has 0 bridgehead atoms. The number of hydrogen-bond donors (Lipinski definition) is 0. The monoisotopic (exact) mass is 1900 g/mol. The van der Waals surface area contributed by atoms with Crippen molar-refractivity contribution in [2.24, 2.45) is 21.1 Å². The van der Waals surface area contributed by atoms with Gasteiger partial charge in [0.1, 0.15) is 0 Å². The van der Waals surface area contributed by atoms with E-state index in [0.717, 1.165) is 0 Å². The molecule has 4 heterocycles. The zero-order chi connectivity index (χ0) is 98.1. The summed E-state index contributed by atoms with van der Waals surface area (Å²) in [4.78, 5) is 0. The largest absolute Gasteiger partial charge is 0.344 e. The maximum absolute atomic E-state index is 2.63. The molecule has 2 spiro atoms. The molecule has 2 unspecified atom stereocenters. The Morgan fingerprint density at radius 3 is 0.920 bits per heavy atom. The molecule has 0 radical (unpaired) electrons. The first-order valence-electron chi connectivity index (χ1n) is 52.7. The van der Waals surface area contributed by atoms with Crippen LogP contribution in [0.25, 0.3) is 285 Å². The number of hydrogen-bond acceptors (Lipinski definition) is 0. The molecule has 4 aliphatic carbocycles. The lowest BCUT2D eigenvalue weighted by Gasteiger charge is -2.32. The van der Waals surface area contributed by atoms with Crippen LogP contribution in [0.3, 0.4) is 0 Å². The first-order chi connectivity index (χ1) is 74.2. The number of para-hydroxylation sites is 4. The van der Waals surface area contributed by atoms with Gasteiger partial charge in [0.25, 0.3) is 0 Å². The summed E-state index contributed by atoms with van der Waals surface area (Å²) >= 11 is 0. The minimum atomic E-state index is -0.739. The minimum absolute atomic E-state index is 0.626. The van der Waals surface area contributed by atoms with E-state index in [2.05, 4.69) is 519 Å². The van der Waals surface area contributed by atoms with Gasteiger partial charge in [0, 0.05) is 109 Å². The van der Waals surface area contributed by atoms with Gasteiger partial charge in [0.15, 0.2) is 0 Å². The Morgan fingerprint density at radius 1 is 0.153 bits per heavy atom. The molecule has 0 saturated carbocycles. The zero-order valence-electron chi connectivity index (χ0n) is 82.6. The molecule has 0 N–H and O–H groups in total. The molecule has 0 fully saturated rings. The third-order valence-corrected chi connectivity index (χ3v) is 35.8. The Morgan fingerprint density at radius 2 is 0.440 bits per heavy atom. The van der Waals surface area contributed by atoms with Gasteiger partial charge in [-0.2, -0.15) is 0 Å². The van der Waals surface area contributed by atoms with Crippen molar-refractivity contribution < 1.29 is 0 Å². The zero-order valence-corrected chi connectivity index (χ0v) is 82.6. The summed E-state index contributed by atoms with van der Waals surface area (Å²) in [7, 11) is 6.63. The van der Waals surface area contributed by atoms with E-state index in [1.807, 2.05) is 0 Å². The predicted molar refractivity (Wildman–Crippen MR) is 632 cm³/mol. The molecule has 4 heteroatoms. The van der Waals surface area contributed by atoms with E-state index >= 15 is 0 Å². The molecule has 0 aliphatic heterocycles. The van der Waals surface area contributed by atoms with Crippen LogP contribution in [0.4, 0.5) is 0 Å². The van der Waals surface area contributed by atoms with Crippen molar-refractivity contribution in [3.8, 4) is 111 Å². The lowest BCUT2D eigenvalue weighted by Crippen LogP contribution is -2.26. The molecule has 4 aliphatic rings. The highest BCUT2D eigenvalue weighted by molar-refractivity contribution is 6.30. The molecule has 150 heavy (non-hydrogen) atoms. The van der Waals surface area contributed by atoms with E-state index in [1.165, 1.54) is 335 Å². The normalized spacial score (nSPS) is 14.7. The molecule has 694 valence electrons. The van der Waals surface area contributed by atoms with E-state index < -0.39 is 10.8 Å². The lowest BCUT2D eigenvalue weighted by atomic mass is 9.69. The van der Waals surface area contributed by atoms with Crippen molar-refractivity contribution in [2.45, 2.75) is 17.4 Å². The Hall–Kier alpha value is -19.0. The maximum atomic E-state index is 2.63. The second kappa shape index (κ2) is 30.1. The summed E-state index contributed by atoms with van der Waals surface area (Å²) in [6, 6.07) is 186. The van der Waals surface area contributed by atoms with E-state index in [-0.39, 0.29) is 0 Å². The average Bonchev–Trinajstić information content (AvgIpc) is 1.49. The van der Waals surface area contributed by atoms with Crippen LogP contribution < -0.4 is 0 Å². The molecule has 30 aromatic rings. The SMILES string of the molecule is Cn1c2ccccc2c2cc(-c3cccc4c(-c5cccc6c5-c5ccccc5C65c6ccccc6-c6c5c5ccccc5c5ccc(Cn7c8ccccc8c8c(-c9cccc%10c(-c%11cccc%12c%11-c%11ccccc%11C%12%11c%12ccccc%12-c%12c%11c%11ccccc%11c%11ccccc%12%11)c%11cccc(-c%12cccc%13c%12c%12ccccc%12n%13C)c%11cc9%10)cccc87)cc65)c5cccc(-c6ccc7c(c6)c6ccccc6n7C)c5cc34)ccc21. The fourth-order valence-corrected chi connectivity index (χ4v) is 30.0. The van der Waals surface area contributed by atoms with E-state index in [0.29, 0.717) is 6.54 Å². The van der Waals surface area contributed by atoms with Crippen molar-refractivity contribution >= 4 is 173 Å². The Kier molecular flexibility index (Phi) is 16.5. The Labute approximate surface area is 864 Å². The van der Waals surface area contributed by atoms with Crippen LogP contribution >= 0.6 is 0 Å². The molecule has 4 aromatic heterocycles. The standard InChI is InChI=1S/C146H90N4/c1-147-127-66-22-14-37-95(127)118-79-85(73-76-130(118)147)87-48-26-52-100-114(87)81-115-88(86-74-77-131-119(80-86)96-38-15-23-67-128(96)148(131)2)49-27-53-101(115)135(100)112-58-30-65-126-137(112)107-43-11-19-61-122(107)146(126)124-63-21-13-45-109(124)142-120-78-84(72-75-94(120)91-36-6-9-41-105(91)144(142)146)83-150-132-69-25-17-47-111(132)140-98(57-33-71-134(140)150)93-51-29-55-103-117(93)82-116-92(97-56-32-70-133-139(97)110-46-16-24-68-129(110)149(133)3)50-28-54-102(116)136(103)113-59-31-64-125-138(113)106-42-10-18-60-121(106)145(125)123-62-20-12-44-108(123)141-99-39-7-4-34-89(99)90-35-5-8-40-104(90)143(141)145/h4-82H,83H2,1-3H3. The number of fused-ring (bicyclic) bond motifs is 46. The maximum Gasteiger partial charge on any atom is 0.0731 e. The summed E-state index contributed by atoms with van der Waals surface area (Å²) in [6.45, 7) is 0.626. The van der Waals surface area contributed by atoms with Crippen LogP contribution in [0.5, 0.6) is 0 Å². The molecule has 2 atom stereocenters. The molecule has 0 amide bonds. The first kappa shape index (κ1) is 82.3. The fraction of sp³-hybridized carbons (Fsp3) is 0.0411. The van der Waals surface area contributed by atoms with Gasteiger partial charge in [-0.3, -0.25) is 0 Å². The van der Waals surface area contributed by atoms with Crippen LogP contribution in [0.15, 0.2) is 479 Å². The summed E-state index contributed by atoms with van der Waals surface area (Å²) in [5, 5.41) is 29.9. The number of aryl methyl sites for hydroxylation is 3. The Bertz CT molecular complexity index is 11300.